The van der Waals surface area contributed by atoms with Crippen molar-refractivity contribution in [2.45, 2.75) is 69.8 Å². The van der Waals surface area contributed by atoms with Crippen LogP contribution < -0.4 is 0 Å². The van der Waals surface area contributed by atoms with Gasteiger partial charge in [-0.05, 0) is 102 Å². The molecule has 7 atom stereocenters. The molecule has 2 unspecified atom stereocenters. The van der Waals surface area contributed by atoms with Crippen molar-refractivity contribution in [3.05, 3.63) is 77.7 Å². The number of ketones is 1. The fourth-order valence-electron chi connectivity index (χ4n) is 9.82. The number of aliphatic hydroxyl groups is 2. The molecule has 5 aliphatic carbocycles. The van der Waals surface area contributed by atoms with Gasteiger partial charge in [0.15, 0.2) is 5.78 Å². The van der Waals surface area contributed by atoms with Gasteiger partial charge in [0.05, 0.1) is 6.61 Å². The van der Waals surface area contributed by atoms with Crippen LogP contribution in [-0.2, 0) is 10.2 Å². The van der Waals surface area contributed by atoms with Crippen molar-refractivity contribution in [1.29, 1.82) is 0 Å². The number of aromatic nitrogens is 1. The Bertz CT molecular complexity index is 1350. The van der Waals surface area contributed by atoms with Gasteiger partial charge in [0.25, 0.3) is 0 Å². The van der Waals surface area contributed by atoms with Crippen molar-refractivity contribution in [3.8, 4) is 11.1 Å². The van der Waals surface area contributed by atoms with Crippen molar-refractivity contribution < 1.29 is 15.0 Å². The molecule has 7 rings (SSSR count). The van der Waals surface area contributed by atoms with Gasteiger partial charge in [0, 0.05) is 17.8 Å². The minimum absolute atomic E-state index is 0.0108. The molecule has 1 aromatic carbocycles. The highest BCUT2D eigenvalue weighted by Gasteiger charge is 2.77. The van der Waals surface area contributed by atoms with Gasteiger partial charge < -0.3 is 10.2 Å². The number of carbonyl (C=O) groups excluding carboxylic acids is 1. The molecule has 37 heavy (non-hydrogen) atoms. The zero-order valence-corrected chi connectivity index (χ0v) is 21.9. The van der Waals surface area contributed by atoms with Gasteiger partial charge in [-0.15, -0.1) is 0 Å². The Morgan fingerprint density at radius 3 is 2.70 bits per heavy atom. The summed E-state index contributed by atoms with van der Waals surface area (Å²) in [4.78, 5) is 18.4. The topological polar surface area (TPSA) is 70.4 Å². The summed E-state index contributed by atoms with van der Waals surface area (Å²) in [7, 11) is 0. The number of aliphatic hydroxyl groups excluding tert-OH is 1. The van der Waals surface area contributed by atoms with Gasteiger partial charge in [-0.2, -0.15) is 0 Å². The molecule has 192 valence electrons. The first-order chi connectivity index (χ1) is 17.8. The average Bonchev–Trinajstić information content (AvgIpc) is 3.42. The minimum atomic E-state index is -1.42. The Labute approximate surface area is 219 Å². The Hall–Kier alpha value is -2.56. The summed E-state index contributed by atoms with van der Waals surface area (Å²) < 4.78 is 0. The van der Waals surface area contributed by atoms with E-state index in [2.05, 4.69) is 24.9 Å². The molecule has 1 heterocycles. The first-order valence-electron chi connectivity index (χ1n) is 14.1. The minimum Gasteiger partial charge on any atom is -0.392 e. The van der Waals surface area contributed by atoms with Gasteiger partial charge in [-0.3, -0.25) is 9.78 Å². The molecule has 0 bridgehead atoms. The number of pyridine rings is 1. The average molecular weight is 496 g/mol. The summed E-state index contributed by atoms with van der Waals surface area (Å²) in [5.74, 6) is 1.57. The number of nitrogens with zero attached hydrogens (tertiary/aromatic N) is 1. The van der Waals surface area contributed by atoms with E-state index in [0.29, 0.717) is 23.2 Å². The molecule has 2 N–H and O–H groups in total. The Morgan fingerprint density at radius 1 is 1.05 bits per heavy atom. The summed E-state index contributed by atoms with van der Waals surface area (Å²) in [6.45, 7) is 4.58. The quantitative estimate of drug-likeness (QED) is 0.531. The first-order valence-corrected chi connectivity index (χ1v) is 14.1. The Morgan fingerprint density at radius 2 is 1.92 bits per heavy atom. The van der Waals surface area contributed by atoms with E-state index in [4.69, 9.17) is 0 Å². The third-order valence-electron chi connectivity index (χ3n) is 11.6. The van der Waals surface area contributed by atoms with Crippen LogP contribution >= 0.6 is 0 Å². The smallest absolute Gasteiger partial charge is 0.173 e. The molecule has 3 fully saturated rings. The molecule has 0 aliphatic heterocycles. The Balaban J connectivity index is 1.39. The van der Waals surface area contributed by atoms with Crippen LogP contribution in [0.5, 0.6) is 0 Å². The summed E-state index contributed by atoms with van der Waals surface area (Å²) in [6.07, 6.45) is 17.1. The van der Waals surface area contributed by atoms with Crippen LogP contribution in [0.3, 0.4) is 0 Å². The predicted octanol–water partition coefficient (Wildman–Crippen LogP) is 5.77. The van der Waals surface area contributed by atoms with E-state index < -0.39 is 16.4 Å². The number of rotatable bonds is 3. The maximum absolute atomic E-state index is 14.1. The number of fused-ring (bicyclic) bond motifs is 8. The van der Waals surface area contributed by atoms with Crippen LogP contribution in [0.1, 0.15) is 69.9 Å². The molecule has 1 aromatic heterocycles. The molecular weight excluding hydrogens is 458 g/mol. The lowest BCUT2D eigenvalue weighted by molar-refractivity contribution is -0.154. The normalized spacial score (nSPS) is 41.7. The predicted molar refractivity (Wildman–Crippen MR) is 144 cm³/mol. The van der Waals surface area contributed by atoms with E-state index in [1.54, 1.807) is 18.3 Å². The van der Waals surface area contributed by atoms with Crippen molar-refractivity contribution in [2.24, 2.45) is 28.6 Å². The molecule has 1 spiro atoms. The van der Waals surface area contributed by atoms with E-state index >= 15 is 0 Å². The van der Waals surface area contributed by atoms with Crippen LogP contribution in [-0.4, -0.2) is 33.2 Å². The molecule has 4 nitrogen and oxygen atoms in total. The standard InChI is InChI=1S/C33H37NO3/c1-30-13-3-7-25(30)24-10-9-23-19-29(36)33(32(37,14-5-17-35)31(23,2)26(24)12-15-30)27-11-8-21(18-28(27)33)22-6-4-16-34-20-22/h4-6,8,11,14,16,18-20,24-26,35,37H,3,7,9-10,12-13,15,17H2,1-2H3/t24-,25-,26-,30-,31-,32?,33?/m0/s1. The second-order valence-corrected chi connectivity index (χ2v) is 12.8. The van der Waals surface area contributed by atoms with Crippen LogP contribution in [0, 0.1) is 28.6 Å². The van der Waals surface area contributed by atoms with Crippen molar-refractivity contribution in [3.63, 3.8) is 0 Å². The zero-order valence-electron chi connectivity index (χ0n) is 21.9. The zero-order chi connectivity index (χ0) is 25.6. The number of benzene rings is 1. The summed E-state index contributed by atoms with van der Waals surface area (Å²) in [6, 6.07) is 10.1. The number of hydrogen-bond donors (Lipinski definition) is 2. The summed E-state index contributed by atoms with van der Waals surface area (Å²) in [5, 5.41) is 22.9. The Kier molecular flexibility index (Phi) is 4.92. The third-order valence-corrected chi connectivity index (χ3v) is 11.6. The van der Waals surface area contributed by atoms with E-state index in [-0.39, 0.29) is 12.4 Å². The lowest BCUT2D eigenvalue weighted by Gasteiger charge is -2.63. The molecular formula is C33H37NO3. The molecule has 0 amide bonds. The fraction of sp³-hybridized carbons (Fsp3) is 0.515. The van der Waals surface area contributed by atoms with Crippen molar-refractivity contribution in [2.75, 3.05) is 6.61 Å². The van der Waals surface area contributed by atoms with E-state index in [1.165, 1.54) is 25.7 Å². The highest BCUT2D eigenvalue weighted by molar-refractivity contribution is 6.12. The van der Waals surface area contributed by atoms with Crippen LogP contribution in [0.15, 0.2) is 66.5 Å². The van der Waals surface area contributed by atoms with E-state index in [0.717, 1.165) is 47.1 Å². The van der Waals surface area contributed by atoms with Crippen LogP contribution in [0.4, 0.5) is 0 Å². The third kappa shape index (κ3) is 2.76. The molecule has 4 heteroatoms. The second kappa shape index (κ2) is 7.74. The van der Waals surface area contributed by atoms with E-state index in [1.807, 2.05) is 36.5 Å². The second-order valence-electron chi connectivity index (χ2n) is 12.8. The van der Waals surface area contributed by atoms with Gasteiger partial charge in [0.1, 0.15) is 11.0 Å². The molecule has 5 aliphatic rings. The maximum Gasteiger partial charge on any atom is 0.173 e. The van der Waals surface area contributed by atoms with Crippen molar-refractivity contribution >= 4 is 5.78 Å². The maximum atomic E-state index is 14.1. The first kappa shape index (κ1) is 23.5. The molecule has 2 aromatic rings. The molecule has 3 saturated carbocycles. The fourth-order valence-corrected chi connectivity index (χ4v) is 9.82. The van der Waals surface area contributed by atoms with Crippen LogP contribution in [0.25, 0.3) is 11.1 Å². The lowest BCUT2D eigenvalue weighted by Crippen LogP contribution is -2.66. The summed E-state index contributed by atoms with van der Waals surface area (Å²) in [5.41, 5.74) is 2.31. The van der Waals surface area contributed by atoms with Crippen molar-refractivity contribution in [1.82, 2.24) is 4.98 Å². The largest absolute Gasteiger partial charge is 0.392 e. The summed E-state index contributed by atoms with van der Waals surface area (Å²) >= 11 is 0. The number of hydrogen-bond acceptors (Lipinski definition) is 4. The number of carbonyl (C=O) groups is 1. The van der Waals surface area contributed by atoms with Gasteiger partial charge in [-0.25, -0.2) is 0 Å². The van der Waals surface area contributed by atoms with Gasteiger partial charge in [0.2, 0.25) is 0 Å². The SMILES string of the molecule is C[C@@]12CCC[C@H]1[C@@H]1CCC3=CC(=O)C4(c5ccc(-c6cccnc6)cc54)C(O)(C=CCO)[C@]3(C)[C@H]1CC2. The highest BCUT2D eigenvalue weighted by Crippen LogP contribution is 2.73. The monoisotopic (exact) mass is 495 g/mol. The highest BCUT2D eigenvalue weighted by atomic mass is 16.3. The van der Waals surface area contributed by atoms with Gasteiger partial charge >= 0.3 is 0 Å². The van der Waals surface area contributed by atoms with Crippen LogP contribution in [0.2, 0.25) is 0 Å². The van der Waals surface area contributed by atoms with Gasteiger partial charge in [-0.1, -0.05) is 56.2 Å². The lowest BCUT2D eigenvalue weighted by atomic mass is 9.41. The van der Waals surface area contributed by atoms with E-state index in [9.17, 15) is 15.0 Å². The molecule has 0 saturated heterocycles. The molecule has 0 radical (unpaired) electrons.